The molecule has 3 rings (SSSR count). The average Bonchev–Trinajstić information content (AvgIpc) is 2.93. The Morgan fingerprint density at radius 2 is 2.05 bits per heavy atom. The van der Waals surface area contributed by atoms with E-state index in [1.165, 1.54) is 4.88 Å². The summed E-state index contributed by atoms with van der Waals surface area (Å²) in [7, 11) is 0. The summed E-state index contributed by atoms with van der Waals surface area (Å²) in [5.41, 5.74) is 1.94. The summed E-state index contributed by atoms with van der Waals surface area (Å²) >= 11 is 5.15. The molecule has 20 heavy (non-hydrogen) atoms. The Morgan fingerprint density at radius 3 is 2.75 bits per heavy atom. The van der Waals surface area contributed by atoms with Crippen molar-refractivity contribution in [2.75, 3.05) is 0 Å². The predicted molar refractivity (Wildman–Crippen MR) is 87.8 cm³/mol. The maximum absolute atomic E-state index is 12.4. The average molecular weight is 348 g/mol. The second kappa shape index (κ2) is 5.19. The third kappa shape index (κ3) is 2.45. The summed E-state index contributed by atoms with van der Waals surface area (Å²) in [5, 5.41) is 1.14. The molecule has 0 saturated carbocycles. The molecule has 4 heteroatoms. The fourth-order valence-electron chi connectivity index (χ4n) is 2.46. The van der Waals surface area contributed by atoms with Crippen LogP contribution in [0, 0.1) is 13.8 Å². The van der Waals surface area contributed by atoms with Gasteiger partial charge in [0.2, 0.25) is 0 Å². The number of hydrogen-bond acceptors (Lipinski definition) is 2. The Labute approximate surface area is 130 Å². The molecule has 3 aromatic rings. The first-order valence-electron chi connectivity index (χ1n) is 6.39. The minimum atomic E-state index is 0.173. The summed E-state index contributed by atoms with van der Waals surface area (Å²) in [5.74, 6) is 0.173. The normalized spacial score (nSPS) is 11.2. The van der Waals surface area contributed by atoms with Gasteiger partial charge in [0.25, 0.3) is 0 Å². The predicted octanol–water partition coefficient (Wildman–Crippen LogP) is 4.97. The fraction of sp³-hybridized carbons (Fsp3) is 0.188. The lowest BCUT2D eigenvalue weighted by Gasteiger charge is -2.05. The molecule has 2 heterocycles. The second-order valence-electron chi connectivity index (χ2n) is 4.90. The number of rotatable bonds is 3. The molecule has 0 radical (unpaired) electrons. The number of thiophene rings is 1. The highest BCUT2D eigenvalue weighted by molar-refractivity contribution is 9.10. The van der Waals surface area contributed by atoms with Crippen LogP contribution < -0.4 is 0 Å². The van der Waals surface area contributed by atoms with Crippen LogP contribution in [0.2, 0.25) is 0 Å². The van der Waals surface area contributed by atoms with Gasteiger partial charge in [-0.15, -0.1) is 11.3 Å². The zero-order chi connectivity index (χ0) is 14.3. The summed E-state index contributed by atoms with van der Waals surface area (Å²) in [6, 6.07) is 10.1. The number of aromatic nitrogens is 1. The minimum absolute atomic E-state index is 0.173. The highest BCUT2D eigenvalue weighted by Crippen LogP contribution is 2.24. The van der Waals surface area contributed by atoms with Crippen LogP contribution in [-0.4, -0.2) is 10.4 Å². The Morgan fingerprint density at radius 1 is 1.25 bits per heavy atom. The van der Waals surface area contributed by atoms with E-state index < -0.39 is 0 Å². The minimum Gasteiger partial charge on any atom is -0.340 e. The second-order valence-corrected chi connectivity index (χ2v) is 7.27. The van der Waals surface area contributed by atoms with Gasteiger partial charge in [0.05, 0.1) is 6.54 Å². The smallest absolute Gasteiger partial charge is 0.183 e. The number of nitrogens with zero attached hydrogens (tertiary/aromatic N) is 1. The molecular formula is C16H14BrNOS. The Hall–Kier alpha value is -1.39. The molecular weight excluding hydrogens is 334 g/mol. The van der Waals surface area contributed by atoms with Crippen LogP contribution in [0.15, 0.2) is 41.0 Å². The molecule has 2 nitrogen and oxygen atoms in total. The summed E-state index contributed by atoms with van der Waals surface area (Å²) in [6.45, 7) is 4.44. The van der Waals surface area contributed by atoms with Crippen LogP contribution in [0.4, 0.5) is 0 Å². The van der Waals surface area contributed by atoms with Crippen molar-refractivity contribution in [3.63, 3.8) is 0 Å². The number of benzene rings is 1. The van der Waals surface area contributed by atoms with Crippen molar-refractivity contribution in [3.05, 3.63) is 56.3 Å². The molecule has 0 amide bonds. The van der Waals surface area contributed by atoms with E-state index >= 15 is 0 Å². The van der Waals surface area contributed by atoms with Gasteiger partial charge in [-0.2, -0.15) is 0 Å². The number of carbonyl (C=O) groups is 1. The first-order valence-corrected chi connectivity index (χ1v) is 8.00. The topological polar surface area (TPSA) is 22.0 Å². The molecule has 0 bridgehead atoms. The standard InChI is InChI=1S/C16H14BrNOS/c1-10-7-14(11(2)20-10)16(19)9-18-6-5-12-8-13(17)3-4-15(12)18/h3-8H,9H2,1-2H3. The third-order valence-corrected chi connectivity index (χ3v) is 4.85. The number of hydrogen-bond donors (Lipinski definition) is 0. The van der Waals surface area contributed by atoms with Gasteiger partial charge in [0.15, 0.2) is 5.78 Å². The van der Waals surface area contributed by atoms with Crippen LogP contribution in [0.25, 0.3) is 10.9 Å². The van der Waals surface area contributed by atoms with E-state index in [0.717, 1.165) is 25.8 Å². The van der Waals surface area contributed by atoms with Crippen LogP contribution in [0.1, 0.15) is 20.1 Å². The zero-order valence-corrected chi connectivity index (χ0v) is 13.7. The van der Waals surface area contributed by atoms with Crippen molar-refractivity contribution in [3.8, 4) is 0 Å². The van der Waals surface area contributed by atoms with E-state index in [9.17, 15) is 4.79 Å². The maximum Gasteiger partial charge on any atom is 0.183 e. The molecule has 0 aliphatic heterocycles. The molecule has 102 valence electrons. The summed E-state index contributed by atoms with van der Waals surface area (Å²) < 4.78 is 3.06. The quantitative estimate of drug-likeness (QED) is 0.613. The lowest BCUT2D eigenvalue weighted by atomic mass is 10.1. The third-order valence-electron chi connectivity index (χ3n) is 3.39. The van der Waals surface area contributed by atoms with Gasteiger partial charge >= 0.3 is 0 Å². The Kier molecular flexibility index (Phi) is 3.52. The van der Waals surface area contributed by atoms with Crippen molar-refractivity contribution in [1.82, 2.24) is 4.57 Å². The summed E-state index contributed by atoms with van der Waals surface area (Å²) in [4.78, 5) is 14.7. The molecule has 1 aromatic carbocycles. The van der Waals surface area contributed by atoms with Gasteiger partial charge in [-0.3, -0.25) is 4.79 Å². The van der Waals surface area contributed by atoms with Crippen molar-refractivity contribution in [2.45, 2.75) is 20.4 Å². The number of fused-ring (bicyclic) bond motifs is 1. The molecule has 0 spiro atoms. The fourth-order valence-corrected chi connectivity index (χ4v) is 3.78. The van der Waals surface area contributed by atoms with Crippen LogP contribution >= 0.6 is 27.3 Å². The number of Topliss-reactive ketones (excluding diaryl/α,β-unsaturated/α-hetero) is 1. The lowest BCUT2D eigenvalue weighted by molar-refractivity contribution is 0.0973. The highest BCUT2D eigenvalue weighted by Gasteiger charge is 2.13. The maximum atomic E-state index is 12.4. The SMILES string of the molecule is Cc1cc(C(=O)Cn2ccc3cc(Br)ccc32)c(C)s1. The van der Waals surface area contributed by atoms with Crippen LogP contribution in [0.5, 0.6) is 0 Å². The largest absolute Gasteiger partial charge is 0.340 e. The number of aryl methyl sites for hydroxylation is 2. The van der Waals surface area contributed by atoms with Crippen molar-refractivity contribution in [1.29, 1.82) is 0 Å². The van der Waals surface area contributed by atoms with E-state index in [1.54, 1.807) is 11.3 Å². The molecule has 0 aliphatic rings. The molecule has 0 N–H and O–H groups in total. The Balaban J connectivity index is 1.93. The van der Waals surface area contributed by atoms with Gasteiger partial charge in [-0.25, -0.2) is 0 Å². The van der Waals surface area contributed by atoms with Crippen molar-refractivity contribution < 1.29 is 4.79 Å². The monoisotopic (exact) mass is 347 g/mol. The first kappa shape index (κ1) is 13.6. The van der Waals surface area contributed by atoms with Crippen LogP contribution in [-0.2, 0) is 6.54 Å². The Bertz CT molecular complexity index is 800. The summed E-state index contributed by atoms with van der Waals surface area (Å²) in [6.07, 6.45) is 1.98. The van der Waals surface area contributed by atoms with Crippen molar-refractivity contribution >= 4 is 44.0 Å². The lowest BCUT2D eigenvalue weighted by Crippen LogP contribution is -2.09. The van der Waals surface area contributed by atoms with Gasteiger partial charge in [0.1, 0.15) is 0 Å². The first-order chi connectivity index (χ1) is 9.54. The molecule has 0 saturated heterocycles. The van der Waals surface area contributed by atoms with E-state index in [0.29, 0.717) is 6.54 Å². The van der Waals surface area contributed by atoms with E-state index in [4.69, 9.17) is 0 Å². The number of ketones is 1. The molecule has 0 aliphatic carbocycles. The zero-order valence-electron chi connectivity index (χ0n) is 11.3. The molecule has 0 atom stereocenters. The number of halogens is 1. The van der Waals surface area contributed by atoms with Gasteiger partial charge in [-0.05, 0) is 44.2 Å². The molecule has 0 unspecified atom stereocenters. The van der Waals surface area contributed by atoms with Gasteiger partial charge in [0, 0.05) is 36.9 Å². The molecule has 2 aromatic heterocycles. The number of carbonyl (C=O) groups excluding carboxylic acids is 1. The van der Waals surface area contributed by atoms with Gasteiger partial charge < -0.3 is 4.57 Å². The van der Waals surface area contributed by atoms with Gasteiger partial charge in [-0.1, -0.05) is 15.9 Å². The van der Waals surface area contributed by atoms with Crippen LogP contribution in [0.3, 0.4) is 0 Å². The molecule has 0 fully saturated rings. The van der Waals surface area contributed by atoms with E-state index in [2.05, 4.69) is 22.0 Å². The van der Waals surface area contributed by atoms with Crippen molar-refractivity contribution in [2.24, 2.45) is 0 Å². The van der Waals surface area contributed by atoms with E-state index in [1.807, 2.05) is 48.9 Å². The highest BCUT2D eigenvalue weighted by atomic mass is 79.9. The van der Waals surface area contributed by atoms with E-state index in [-0.39, 0.29) is 5.78 Å².